The van der Waals surface area contributed by atoms with Crippen molar-refractivity contribution in [2.75, 3.05) is 13.1 Å². The number of aryl methyl sites for hydroxylation is 1. The van der Waals surface area contributed by atoms with Gasteiger partial charge in [-0.3, -0.25) is 4.79 Å². The molecule has 1 aliphatic heterocycles. The first kappa shape index (κ1) is 22.5. The number of amides is 2. The number of piperidine rings is 1. The second kappa shape index (κ2) is 9.13. The lowest BCUT2D eigenvalue weighted by molar-refractivity contribution is 0.0159. The Balaban J connectivity index is 2.06. The van der Waals surface area contributed by atoms with Crippen LogP contribution in [0.4, 0.5) is 4.79 Å². The number of aromatic amines is 1. The fourth-order valence-electron chi connectivity index (χ4n) is 3.18. The van der Waals surface area contributed by atoms with E-state index in [9.17, 15) is 9.59 Å². The third-order valence-electron chi connectivity index (χ3n) is 4.43. The normalized spacial score (nSPS) is 20.4. The average Bonchev–Trinajstić information content (AvgIpc) is 2.95. The molecule has 1 aromatic heterocycles. The Kier molecular flexibility index (Phi) is 7.33. The molecule has 2 atom stereocenters. The molecule has 3 N–H and O–H groups in total. The summed E-state index contributed by atoms with van der Waals surface area (Å²) >= 11 is 6.04. The van der Waals surface area contributed by atoms with Crippen molar-refractivity contribution < 1.29 is 14.3 Å². The van der Waals surface area contributed by atoms with Gasteiger partial charge in [-0.15, -0.1) is 0 Å². The lowest BCUT2D eigenvalue weighted by Gasteiger charge is -2.40. The van der Waals surface area contributed by atoms with Gasteiger partial charge >= 0.3 is 6.09 Å². The lowest BCUT2D eigenvalue weighted by atomic mass is 9.98. The number of hydrogen-bond acceptors (Lipinski definition) is 5. The molecular weight excluding hydrogens is 382 g/mol. The molecule has 1 fully saturated rings. The van der Waals surface area contributed by atoms with E-state index in [1.807, 2.05) is 41.5 Å². The Morgan fingerprint density at radius 3 is 2.57 bits per heavy atom. The van der Waals surface area contributed by atoms with Crippen LogP contribution in [0.15, 0.2) is 0 Å². The monoisotopic (exact) mass is 413 g/mol. The maximum atomic E-state index is 12.6. The van der Waals surface area contributed by atoms with Gasteiger partial charge in [0.15, 0.2) is 11.0 Å². The van der Waals surface area contributed by atoms with E-state index in [-0.39, 0.29) is 36.0 Å². The number of nitrogens with one attached hydrogen (secondary N) is 3. The second-order valence-corrected chi connectivity index (χ2v) is 8.79. The number of H-pyrrole nitrogens is 1. The fourth-order valence-corrected chi connectivity index (χ4v) is 3.45. The molecule has 9 heteroatoms. The van der Waals surface area contributed by atoms with Crippen molar-refractivity contribution in [1.82, 2.24) is 25.5 Å². The Bertz CT molecular complexity index is 698. The van der Waals surface area contributed by atoms with Crippen LogP contribution in [0, 0.1) is 0 Å². The van der Waals surface area contributed by atoms with E-state index in [1.165, 1.54) is 0 Å². The van der Waals surface area contributed by atoms with E-state index in [0.29, 0.717) is 31.1 Å². The van der Waals surface area contributed by atoms with E-state index in [0.717, 1.165) is 5.69 Å². The van der Waals surface area contributed by atoms with Crippen molar-refractivity contribution in [3.8, 4) is 0 Å². The number of rotatable bonds is 5. The number of aromatic nitrogens is 2. The molecule has 2 rings (SSSR count). The number of ether oxygens (including phenoxy) is 1. The average molecular weight is 414 g/mol. The van der Waals surface area contributed by atoms with Crippen LogP contribution in [0.25, 0.3) is 0 Å². The van der Waals surface area contributed by atoms with Crippen LogP contribution < -0.4 is 10.6 Å². The summed E-state index contributed by atoms with van der Waals surface area (Å²) < 4.78 is 5.49. The minimum absolute atomic E-state index is 0.0960. The van der Waals surface area contributed by atoms with Crippen LogP contribution in [0.1, 0.15) is 64.3 Å². The standard InChI is InChI=1S/C19H32ClN5O3/c1-7-12-15(20)24-16(22-12)17(26)23-13-8-9-25(10-14(13)21-11(2)3)18(27)28-19(4,5)6/h11,13-14,21H,7-10H2,1-6H3,(H,22,24)(H,23,26)/t13-,14+/m1/s1. The van der Waals surface area contributed by atoms with Crippen LogP contribution in [0.5, 0.6) is 0 Å². The van der Waals surface area contributed by atoms with Crippen LogP contribution in [-0.4, -0.2) is 63.7 Å². The molecule has 1 aromatic rings. The molecule has 0 spiro atoms. The minimum Gasteiger partial charge on any atom is -0.444 e. The van der Waals surface area contributed by atoms with Gasteiger partial charge in [0, 0.05) is 31.2 Å². The lowest BCUT2D eigenvalue weighted by Crippen LogP contribution is -2.61. The Hall–Kier alpha value is -1.80. The maximum absolute atomic E-state index is 12.6. The summed E-state index contributed by atoms with van der Waals surface area (Å²) in [5.74, 6) is -0.0902. The van der Waals surface area contributed by atoms with Gasteiger partial charge in [0.1, 0.15) is 5.60 Å². The molecule has 2 heterocycles. The number of carbonyl (C=O) groups excluding carboxylic acids is 2. The molecule has 28 heavy (non-hydrogen) atoms. The summed E-state index contributed by atoms with van der Waals surface area (Å²) in [6.07, 6.45) is 0.952. The van der Waals surface area contributed by atoms with Crippen molar-refractivity contribution in [3.63, 3.8) is 0 Å². The number of likely N-dealkylation sites (tertiary alicyclic amines) is 1. The van der Waals surface area contributed by atoms with E-state index in [1.54, 1.807) is 4.90 Å². The Morgan fingerprint density at radius 2 is 2.04 bits per heavy atom. The molecule has 8 nitrogen and oxygen atoms in total. The molecule has 1 aliphatic rings. The number of carbonyl (C=O) groups is 2. The molecule has 0 radical (unpaired) electrons. The highest BCUT2D eigenvalue weighted by atomic mass is 35.5. The van der Waals surface area contributed by atoms with Gasteiger partial charge in [-0.1, -0.05) is 32.4 Å². The van der Waals surface area contributed by atoms with Crippen LogP contribution in [0.3, 0.4) is 0 Å². The number of nitrogens with zero attached hydrogens (tertiary/aromatic N) is 2. The smallest absolute Gasteiger partial charge is 0.410 e. The van der Waals surface area contributed by atoms with E-state index in [4.69, 9.17) is 16.3 Å². The predicted molar refractivity (Wildman–Crippen MR) is 109 cm³/mol. The third-order valence-corrected chi connectivity index (χ3v) is 4.74. The number of hydrogen-bond donors (Lipinski definition) is 3. The topological polar surface area (TPSA) is 99.4 Å². The van der Waals surface area contributed by atoms with Crippen LogP contribution in [-0.2, 0) is 11.2 Å². The Morgan fingerprint density at radius 1 is 1.36 bits per heavy atom. The highest BCUT2D eigenvalue weighted by Crippen LogP contribution is 2.18. The van der Waals surface area contributed by atoms with Gasteiger partial charge in [0.25, 0.3) is 5.91 Å². The van der Waals surface area contributed by atoms with Crippen molar-refractivity contribution in [1.29, 1.82) is 0 Å². The molecule has 0 saturated carbocycles. The Labute approximate surface area is 171 Å². The molecule has 0 aromatic carbocycles. The van der Waals surface area contributed by atoms with Crippen LogP contribution in [0.2, 0.25) is 5.15 Å². The summed E-state index contributed by atoms with van der Waals surface area (Å²) in [7, 11) is 0. The molecular formula is C19H32ClN5O3. The van der Waals surface area contributed by atoms with Gasteiger partial charge in [-0.05, 0) is 33.6 Å². The molecule has 0 aliphatic carbocycles. The van der Waals surface area contributed by atoms with Gasteiger partial charge in [0.05, 0.1) is 5.69 Å². The molecule has 2 amide bonds. The first-order valence-electron chi connectivity index (χ1n) is 9.79. The molecule has 158 valence electrons. The summed E-state index contributed by atoms with van der Waals surface area (Å²) in [5.41, 5.74) is 0.196. The summed E-state index contributed by atoms with van der Waals surface area (Å²) in [5, 5.41) is 6.80. The summed E-state index contributed by atoms with van der Waals surface area (Å²) in [4.78, 5) is 33.8. The number of imidazole rings is 1. The van der Waals surface area contributed by atoms with Crippen molar-refractivity contribution >= 4 is 23.6 Å². The zero-order valence-electron chi connectivity index (χ0n) is 17.6. The predicted octanol–water partition coefficient (Wildman–Crippen LogP) is 2.73. The highest BCUT2D eigenvalue weighted by molar-refractivity contribution is 6.30. The molecule has 0 unspecified atom stereocenters. The number of halogens is 1. The van der Waals surface area contributed by atoms with Gasteiger partial charge in [-0.25, -0.2) is 9.78 Å². The zero-order chi connectivity index (χ0) is 21.1. The largest absolute Gasteiger partial charge is 0.444 e. The molecule has 1 saturated heterocycles. The summed E-state index contributed by atoms with van der Waals surface area (Å²) in [6.45, 7) is 12.5. The second-order valence-electron chi connectivity index (χ2n) is 8.43. The van der Waals surface area contributed by atoms with Crippen molar-refractivity contribution in [2.24, 2.45) is 0 Å². The quantitative estimate of drug-likeness (QED) is 0.689. The first-order valence-corrected chi connectivity index (χ1v) is 10.2. The maximum Gasteiger partial charge on any atom is 0.410 e. The van der Waals surface area contributed by atoms with E-state index < -0.39 is 5.60 Å². The van der Waals surface area contributed by atoms with E-state index >= 15 is 0 Å². The first-order chi connectivity index (χ1) is 13.0. The van der Waals surface area contributed by atoms with Gasteiger partial charge < -0.3 is 25.3 Å². The zero-order valence-corrected chi connectivity index (χ0v) is 18.3. The van der Waals surface area contributed by atoms with Gasteiger partial charge in [-0.2, -0.15) is 0 Å². The SMILES string of the molecule is CCc1[nH]c(C(=O)N[C@@H]2CCN(C(=O)OC(C)(C)C)C[C@@H]2NC(C)C)nc1Cl. The van der Waals surface area contributed by atoms with Gasteiger partial charge in [0.2, 0.25) is 0 Å². The summed E-state index contributed by atoms with van der Waals surface area (Å²) in [6, 6.07) is -0.0309. The fraction of sp³-hybridized carbons (Fsp3) is 0.737. The van der Waals surface area contributed by atoms with Crippen molar-refractivity contribution in [2.45, 2.75) is 78.1 Å². The highest BCUT2D eigenvalue weighted by Gasteiger charge is 2.35. The van der Waals surface area contributed by atoms with Crippen LogP contribution >= 0.6 is 11.6 Å². The minimum atomic E-state index is -0.543. The van der Waals surface area contributed by atoms with Crippen molar-refractivity contribution in [3.05, 3.63) is 16.7 Å². The van der Waals surface area contributed by atoms with E-state index in [2.05, 4.69) is 20.6 Å². The molecule has 0 bridgehead atoms. The third kappa shape index (κ3) is 6.10.